The lowest BCUT2D eigenvalue weighted by molar-refractivity contribution is 0.260. The van der Waals surface area contributed by atoms with E-state index >= 15 is 0 Å². The maximum atomic E-state index is 12.8. The number of anilines is 1. The number of fused-ring (bicyclic) bond motifs is 1. The first kappa shape index (κ1) is 13.7. The summed E-state index contributed by atoms with van der Waals surface area (Å²) in [5.74, 6) is 0.401. The normalized spacial score (nSPS) is 20.5. The number of phenols is 1. The van der Waals surface area contributed by atoms with Crippen molar-refractivity contribution in [1.82, 2.24) is 19.7 Å². The predicted octanol–water partition coefficient (Wildman–Crippen LogP) is 2.27. The molecule has 1 saturated heterocycles. The third-order valence-electron chi connectivity index (χ3n) is 4.68. The maximum absolute atomic E-state index is 12.8. The molecule has 2 N–H and O–H groups in total. The van der Waals surface area contributed by atoms with Gasteiger partial charge in [0, 0.05) is 33.8 Å². The van der Waals surface area contributed by atoms with Crippen molar-refractivity contribution < 1.29 is 9.22 Å². The van der Waals surface area contributed by atoms with Gasteiger partial charge in [-0.15, -0.1) is 21.5 Å². The topological polar surface area (TPSA) is 83.3 Å². The van der Waals surface area contributed by atoms with Crippen LogP contribution in [0.5, 0.6) is 5.75 Å². The van der Waals surface area contributed by atoms with E-state index in [1.807, 2.05) is 17.5 Å². The second-order valence-corrected chi connectivity index (χ2v) is 7.41. The summed E-state index contributed by atoms with van der Waals surface area (Å²) in [5.41, 5.74) is 0.0478. The molecule has 0 unspecified atom stereocenters. The smallest absolute Gasteiger partial charge is 0.296 e. The fourth-order valence-electron chi connectivity index (χ4n) is 3.28. The Labute approximate surface area is 159 Å². The Morgan fingerprint density at radius 2 is 2.27 bits per heavy atom. The highest BCUT2D eigenvalue weighted by molar-refractivity contribution is 7.17. The van der Waals surface area contributed by atoms with E-state index in [0.29, 0.717) is 24.0 Å². The quantitative estimate of drug-likeness (QED) is 0.732. The Kier molecular flexibility index (Phi) is 3.53. The van der Waals surface area contributed by atoms with Crippen molar-refractivity contribution in [3.63, 3.8) is 0 Å². The van der Waals surface area contributed by atoms with Crippen LogP contribution < -0.4 is 10.9 Å². The van der Waals surface area contributed by atoms with Gasteiger partial charge in [0.2, 0.25) is 5.82 Å². The van der Waals surface area contributed by atoms with Crippen molar-refractivity contribution in [2.75, 3.05) is 25.4 Å². The molecule has 1 fully saturated rings. The van der Waals surface area contributed by atoms with Crippen LogP contribution in [0, 0.1) is 0 Å². The zero-order valence-corrected chi connectivity index (χ0v) is 15.1. The highest BCUT2D eigenvalue weighted by Gasteiger charge is 2.21. The van der Waals surface area contributed by atoms with Gasteiger partial charge in [-0.3, -0.25) is 9.36 Å². The van der Waals surface area contributed by atoms with Crippen molar-refractivity contribution in [2.24, 2.45) is 7.05 Å². The molecule has 136 valence electrons. The van der Waals surface area contributed by atoms with E-state index in [2.05, 4.69) is 15.5 Å². The molecule has 0 radical (unpaired) electrons. The summed E-state index contributed by atoms with van der Waals surface area (Å²) < 4.78 is 25.0. The number of likely N-dealkylation sites (N-methyl/N-ethyl adjacent to an activating group) is 1. The number of likely N-dealkylation sites (tertiary alicyclic amines) is 1. The summed E-state index contributed by atoms with van der Waals surface area (Å²) in [5, 5.41) is 24.4. The van der Waals surface area contributed by atoms with Crippen LogP contribution in [0.15, 0.2) is 28.4 Å². The van der Waals surface area contributed by atoms with E-state index in [0.717, 1.165) is 17.5 Å². The average molecular weight is 374 g/mol. The highest BCUT2D eigenvalue weighted by atomic mass is 32.1. The molecule has 1 aliphatic rings. The van der Waals surface area contributed by atoms with Crippen molar-refractivity contribution in [3.8, 4) is 17.1 Å². The number of nitrogens with one attached hydrogen (secondary N) is 1. The first-order valence-electron chi connectivity index (χ1n) is 9.90. The van der Waals surface area contributed by atoms with Gasteiger partial charge in [-0.1, -0.05) is 0 Å². The molecule has 8 heteroatoms. The van der Waals surface area contributed by atoms with Crippen LogP contribution in [-0.2, 0) is 7.05 Å². The zero-order chi connectivity index (χ0) is 20.8. The van der Waals surface area contributed by atoms with Gasteiger partial charge in [-0.05, 0) is 49.9 Å². The molecule has 4 rings (SSSR count). The van der Waals surface area contributed by atoms with Crippen LogP contribution in [-0.4, -0.2) is 50.9 Å². The first-order valence-corrected chi connectivity index (χ1v) is 9.28. The van der Waals surface area contributed by atoms with Gasteiger partial charge >= 0.3 is 0 Å². The van der Waals surface area contributed by atoms with Gasteiger partial charge in [0.25, 0.3) is 5.56 Å². The van der Waals surface area contributed by atoms with Gasteiger partial charge < -0.3 is 15.3 Å². The van der Waals surface area contributed by atoms with Crippen molar-refractivity contribution >= 4 is 27.2 Å². The van der Waals surface area contributed by atoms with Gasteiger partial charge in [0.1, 0.15) is 5.75 Å². The minimum Gasteiger partial charge on any atom is -0.507 e. The molecule has 3 aromatic rings. The van der Waals surface area contributed by atoms with E-state index in [4.69, 9.17) is 4.11 Å². The monoisotopic (exact) mass is 374 g/mol. The average Bonchev–Trinajstić information content (AvgIpc) is 3.16. The molecule has 1 atom stereocenters. The molecule has 2 aromatic heterocycles. The van der Waals surface area contributed by atoms with Gasteiger partial charge in [-0.2, -0.15) is 0 Å². The summed E-state index contributed by atoms with van der Waals surface area (Å²) in [6.07, 6.45) is 1.46. The molecular formula is C18H21N5O2S. The number of hydrogen-bond acceptors (Lipinski definition) is 7. The third-order valence-corrected chi connectivity index (χ3v) is 5.56. The summed E-state index contributed by atoms with van der Waals surface area (Å²) in [4.78, 5) is 14.3. The predicted molar refractivity (Wildman–Crippen MR) is 104 cm³/mol. The molecule has 0 amide bonds. The fourth-order valence-corrected chi connectivity index (χ4v) is 4.07. The largest absolute Gasteiger partial charge is 0.507 e. The third kappa shape index (κ3) is 2.95. The summed E-state index contributed by atoms with van der Waals surface area (Å²) >= 11 is 1.52. The van der Waals surface area contributed by atoms with Crippen molar-refractivity contribution in [1.29, 1.82) is 0 Å². The zero-order valence-electron chi connectivity index (χ0n) is 17.3. The van der Waals surface area contributed by atoms with Crippen molar-refractivity contribution in [3.05, 3.63) is 33.9 Å². The number of phenolic OH excluding ortho intramolecular Hbond substituents is 1. The lowest BCUT2D eigenvalue weighted by atomic mass is 10.1. The molecule has 7 nitrogen and oxygen atoms in total. The Morgan fingerprint density at radius 3 is 3.12 bits per heavy atom. The molecule has 26 heavy (non-hydrogen) atoms. The minimum atomic E-state index is -2.15. The standard InChI is InChI=1S/C18H21N5O2S/c1-22-8-3-4-11(10-22)19-16-18(25)23(2)17(21-20-16)13-5-6-14-12(15(13)24)7-9-26-14/h5-7,9,11,24H,3-4,8,10H2,1-2H3,(H,19,20)/t11-/m1/s1/i1D3. The molecule has 1 aliphatic heterocycles. The number of hydrogen-bond donors (Lipinski definition) is 2. The van der Waals surface area contributed by atoms with Crippen LogP contribution >= 0.6 is 11.3 Å². The number of thiophene rings is 1. The number of benzene rings is 1. The molecule has 0 spiro atoms. The molecular weight excluding hydrogens is 350 g/mol. The molecule has 1 aromatic carbocycles. The number of piperidine rings is 1. The Morgan fingerprint density at radius 1 is 1.38 bits per heavy atom. The number of aromatic nitrogens is 3. The van der Waals surface area contributed by atoms with E-state index in [1.54, 1.807) is 13.1 Å². The van der Waals surface area contributed by atoms with Crippen molar-refractivity contribution in [2.45, 2.75) is 18.9 Å². The van der Waals surface area contributed by atoms with E-state index < -0.39 is 6.98 Å². The van der Waals surface area contributed by atoms with Crippen LogP contribution in [0.1, 0.15) is 17.0 Å². The maximum Gasteiger partial charge on any atom is 0.296 e. The van der Waals surface area contributed by atoms with Crippen LogP contribution in [0.3, 0.4) is 0 Å². The summed E-state index contributed by atoms with van der Waals surface area (Å²) in [6, 6.07) is 5.21. The highest BCUT2D eigenvalue weighted by Crippen LogP contribution is 2.36. The Balaban J connectivity index is 1.62. The Bertz CT molecular complexity index is 1110. The van der Waals surface area contributed by atoms with E-state index in [9.17, 15) is 9.90 Å². The molecule has 0 saturated carbocycles. The summed E-state index contributed by atoms with van der Waals surface area (Å²) in [7, 11) is 1.57. The molecule has 3 heterocycles. The van der Waals surface area contributed by atoms with Gasteiger partial charge in [0.15, 0.2) is 5.82 Å². The second kappa shape index (κ2) is 6.69. The lowest BCUT2D eigenvalue weighted by Gasteiger charge is -2.30. The first-order chi connectivity index (χ1) is 13.8. The number of rotatable bonds is 3. The molecule has 0 bridgehead atoms. The summed E-state index contributed by atoms with van der Waals surface area (Å²) in [6.45, 7) is -1.35. The van der Waals surface area contributed by atoms with E-state index in [-0.39, 0.29) is 29.0 Å². The SMILES string of the molecule is [2H]C([2H])([2H])N1CCC[C@@H](Nc2nnc(-c3ccc4sccc4c3O)n(C)c2=O)C1. The minimum absolute atomic E-state index is 0.0642. The Hall–Kier alpha value is -2.45. The fraction of sp³-hybridized carbons (Fsp3) is 0.389. The second-order valence-electron chi connectivity index (χ2n) is 6.46. The number of nitrogens with zero attached hydrogens (tertiary/aromatic N) is 4. The van der Waals surface area contributed by atoms with Gasteiger partial charge in [-0.25, -0.2) is 0 Å². The van der Waals surface area contributed by atoms with Crippen LogP contribution in [0.25, 0.3) is 21.5 Å². The number of aromatic hydroxyl groups is 1. The van der Waals surface area contributed by atoms with Crippen LogP contribution in [0.2, 0.25) is 0 Å². The van der Waals surface area contributed by atoms with Gasteiger partial charge in [0.05, 0.1) is 5.56 Å². The molecule has 0 aliphatic carbocycles. The lowest BCUT2D eigenvalue weighted by Crippen LogP contribution is -2.41. The van der Waals surface area contributed by atoms with E-state index in [1.165, 1.54) is 20.8 Å². The van der Waals surface area contributed by atoms with Crippen LogP contribution in [0.4, 0.5) is 5.82 Å².